The van der Waals surface area contributed by atoms with Crippen molar-refractivity contribution in [3.63, 3.8) is 0 Å². The lowest BCUT2D eigenvalue weighted by Crippen LogP contribution is -2.67. The number of rotatable bonds is 3. The van der Waals surface area contributed by atoms with Crippen molar-refractivity contribution in [3.8, 4) is 15.6 Å². The Labute approximate surface area is 239 Å². The maximum Gasteiger partial charge on any atom is 0.231 e. The molecule has 0 radical (unpaired) electrons. The summed E-state index contributed by atoms with van der Waals surface area (Å²) >= 11 is 1.96. The maximum absolute atomic E-state index is 2.61. The van der Waals surface area contributed by atoms with E-state index in [-0.39, 0.29) is 11.0 Å². The molecule has 0 spiro atoms. The third kappa shape index (κ3) is 2.86. The molecule has 0 saturated heterocycles. The van der Waals surface area contributed by atoms with Gasteiger partial charge in [-0.1, -0.05) is 80.6 Å². The summed E-state index contributed by atoms with van der Waals surface area (Å²) < 4.78 is 5.13. The molecule has 1 aliphatic rings. The van der Waals surface area contributed by atoms with Gasteiger partial charge >= 0.3 is 0 Å². The van der Waals surface area contributed by atoms with Crippen LogP contribution in [0.2, 0.25) is 0 Å². The third-order valence-corrected chi connectivity index (χ3v) is 11.4. The molecule has 0 bridgehead atoms. The standard InChI is InChI=1S/C37H33N2S/c1-5-36(3)29-23-32(40-35(29)34-27-16-10-8-14-25(27)21-22-38(34)37(36,4)6-2)39-30-18-12-11-17-28(30)33-26-15-9-7-13-24(26)19-20-31(33)39/h7-23H,5-6H2,1-4H3/q+1. The fraction of sp³-hybridized carbons (Fsp3) is 0.216. The number of para-hydroxylation sites is 1. The highest BCUT2D eigenvalue weighted by Crippen LogP contribution is 2.54. The average molecular weight is 538 g/mol. The van der Waals surface area contributed by atoms with E-state index in [4.69, 9.17) is 0 Å². The molecule has 0 aliphatic carbocycles. The van der Waals surface area contributed by atoms with Gasteiger partial charge in [-0.25, -0.2) is 0 Å². The number of pyridine rings is 1. The van der Waals surface area contributed by atoms with Crippen LogP contribution >= 0.6 is 11.3 Å². The van der Waals surface area contributed by atoms with Crippen LogP contribution in [-0.2, 0) is 11.0 Å². The van der Waals surface area contributed by atoms with Crippen LogP contribution in [0.3, 0.4) is 0 Å². The van der Waals surface area contributed by atoms with Crippen LogP contribution < -0.4 is 4.57 Å². The Hall–Kier alpha value is -3.95. The minimum absolute atomic E-state index is 0.00257. The Balaban J connectivity index is 1.52. The van der Waals surface area contributed by atoms with Gasteiger partial charge in [0.15, 0.2) is 11.7 Å². The van der Waals surface area contributed by atoms with Crippen LogP contribution in [0.15, 0.2) is 103 Å². The zero-order chi connectivity index (χ0) is 27.2. The molecule has 2 atom stereocenters. The number of aromatic nitrogens is 2. The Morgan fingerprint density at radius 1 is 0.700 bits per heavy atom. The summed E-state index contributed by atoms with van der Waals surface area (Å²) in [6.07, 6.45) is 4.50. The zero-order valence-electron chi connectivity index (χ0n) is 23.5. The average Bonchev–Trinajstić information content (AvgIpc) is 3.59. The van der Waals surface area contributed by atoms with E-state index >= 15 is 0 Å². The summed E-state index contributed by atoms with van der Waals surface area (Å²) in [4.78, 5) is 1.41. The molecule has 4 aromatic carbocycles. The summed E-state index contributed by atoms with van der Waals surface area (Å²) in [7, 11) is 0. The zero-order valence-corrected chi connectivity index (χ0v) is 24.3. The minimum atomic E-state index is -0.0382. The molecule has 8 rings (SSSR count). The van der Waals surface area contributed by atoms with E-state index in [0.29, 0.717) is 0 Å². The predicted octanol–water partition coefficient (Wildman–Crippen LogP) is 9.91. The van der Waals surface area contributed by atoms with E-state index in [1.54, 1.807) is 0 Å². The summed E-state index contributed by atoms with van der Waals surface area (Å²) in [5.41, 5.74) is 5.37. The summed E-state index contributed by atoms with van der Waals surface area (Å²) in [6.45, 7) is 9.70. The molecule has 0 amide bonds. The van der Waals surface area contributed by atoms with Gasteiger partial charge in [-0.05, 0) is 59.3 Å². The lowest BCUT2D eigenvalue weighted by Gasteiger charge is -2.45. The Morgan fingerprint density at radius 2 is 1.38 bits per heavy atom. The molecular weight excluding hydrogens is 504 g/mol. The maximum atomic E-state index is 2.61. The first-order valence-electron chi connectivity index (χ1n) is 14.5. The van der Waals surface area contributed by atoms with Crippen LogP contribution in [-0.4, -0.2) is 4.57 Å². The molecule has 3 heteroatoms. The van der Waals surface area contributed by atoms with Gasteiger partial charge in [-0.3, -0.25) is 0 Å². The lowest BCUT2D eigenvalue weighted by atomic mass is 9.62. The van der Waals surface area contributed by atoms with Crippen molar-refractivity contribution < 1.29 is 4.57 Å². The number of thiophene rings is 1. The molecule has 196 valence electrons. The second kappa shape index (κ2) is 8.28. The van der Waals surface area contributed by atoms with Crippen LogP contribution in [0.25, 0.3) is 58.9 Å². The Kier molecular flexibility index (Phi) is 4.95. The van der Waals surface area contributed by atoms with E-state index in [0.717, 1.165) is 12.8 Å². The molecule has 2 nitrogen and oxygen atoms in total. The van der Waals surface area contributed by atoms with E-state index in [1.165, 1.54) is 64.5 Å². The summed E-state index contributed by atoms with van der Waals surface area (Å²) in [5.74, 6) is 0. The number of hydrogen-bond donors (Lipinski definition) is 0. The van der Waals surface area contributed by atoms with Gasteiger partial charge < -0.3 is 4.57 Å². The molecular formula is C37H33N2S+. The van der Waals surface area contributed by atoms with Gasteiger partial charge in [-0.15, -0.1) is 11.3 Å². The minimum Gasteiger partial charge on any atom is -0.301 e. The lowest BCUT2D eigenvalue weighted by molar-refractivity contribution is -0.764. The normalized spacial score (nSPS) is 20.4. The first kappa shape index (κ1) is 23.9. The first-order valence-corrected chi connectivity index (χ1v) is 15.3. The van der Waals surface area contributed by atoms with E-state index in [9.17, 15) is 0 Å². The predicted molar refractivity (Wildman–Crippen MR) is 171 cm³/mol. The van der Waals surface area contributed by atoms with E-state index < -0.39 is 0 Å². The van der Waals surface area contributed by atoms with Crippen molar-refractivity contribution >= 4 is 54.7 Å². The second-order valence-corrected chi connectivity index (χ2v) is 12.8. The van der Waals surface area contributed by atoms with Crippen molar-refractivity contribution in [2.24, 2.45) is 0 Å². The Morgan fingerprint density at radius 3 is 2.12 bits per heavy atom. The molecule has 2 unspecified atom stereocenters. The van der Waals surface area contributed by atoms with Gasteiger partial charge in [0.1, 0.15) is 9.88 Å². The van der Waals surface area contributed by atoms with E-state index in [2.05, 4.69) is 140 Å². The summed E-state index contributed by atoms with van der Waals surface area (Å²) in [5, 5.41) is 9.21. The fourth-order valence-electron chi connectivity index (χ4n) is 7.60. The van der Waals surface area contributed by atoms with Crippen molar-refractivity contribution in [2.75, 3.05) is 0 Å². The van der Waals surface area contributed by atoms with Gasteiger partial charge in [0, 0.05) is 30.2 Å². The quantitative estimate of drug-likeness (QED) is 0.198. The van der Waals surface area contributed by atoms with Crippen molar-refractivity contribution in [3.05, 3.63) is 109 Å². The molecule has 0 fully saturated rings. The number of fused-ring (bicyclic) bond motifs is 10. The van der Waals surface area contributed by atoms with Crippen LogP contribution in [0.1, 0.15) is 46.1 Å². The number of benzene rings is 4. The van der Waals surface area contributed by atoms with Crippen LogP contribution in [0.5, 0.6) is 0 Å². The molecule has 7 aromatic rings. The molecule has 0 saturated carbocycles. The number of hydrogen-bond acceptors (Lipinski definition) is 1. The molecule has 1 aliphatic heterocycles. The molecule has 4 heterocycles. The monoisotopic (exact) mass is 537 g/mol. The van der Waals surface area contributed by atoms with Gasteiger partial charge in [0.2, 0.25) is 5.69 Å². The first-order chi connectivity index (χ1) is 19.5. The highest BCUT2D eigenvalue weighted by Gasteiger charge is 2.57. The molecule has 40 heavy (non-hydrogen) atoms. The highest BCUT2D eigenvalue weighted by atomic mass is 32.1. The third-order valence-electron chi connectivity index (χ3n) is 10.3. The fourth-order valence-corrected chi connectivity index (χ4v) is 8.97. The van der Waals surface area contributed by atoms with Gasteiger partial charge in [-0.2, -0.15) is 4.57 Å². The van der Waals surface area contributed by atoms with Crippen LogP contribution in [0.4, 0.5) is 0 Å². The van der Waals surface area contributed by atoms with Crippen LogP contribution in [0, 0.1) is 0 Å². The van der Waals surface area contributed by atoms with Crippen molar-refractivity contribution in [2.45, 2.75) is 51.5 Å². The topological polar surface area (TPSA) is 8.81 Å². The molecule has 0 N–H and O–H groups in total. The van der Waals surface area contributed by atoms with Gasteiger partial charge in [0.05, 0.1) is 21.8 Å². The van der Waals surface area contributed by atoms with E-state index in [1.807, 2.05) is 11.3 Å². The smallest absolute Gasteiger partial charge is 0.231 e. The second-order valence-electron chi connectivity index (χ2n) is 11.8. The van der Waals surface area contributed by atoms with Crippen molar-refractivity contribution in [1.82, 2.24) is 4.57 Å². The highest BCUT2D eigenvalue weighted by molar-refractivity contribution is 7.18. The SMILES string of the molecule is CCC1(C)c2cc(-n3c4ccccc4c4c5ccccc5ccc43)sc2-c2c3ccccc3cc[n+]2C1(C)CC. The summed E-state index contributed by atoms with van der Waals surface area (Å²) in [6, 6.07) is 36.1. The largest absolute Gasteiger partial charge is 0.301 e. The van der Waals surface area contributed by atoms with Gasteiger partial charge in [0.25, 0.3) is 0 Å². The molecule has 3 aromatic heterocycles. The number of nitrogens with zero attached hydrogens (tertiary/aromatic N) is 2. The van der Waals surface area contributed by atoms with Crippen molar-refractivity contribution in [1.29, 1.82) is 0 Å². The Bertz CT molecular complexity index is 2130.